The summed E-state index contributed by atoms with van der Waals surface area (Å²) in [6.45, 7) is 23.0. The van der Waals surface area contributed by atoms with Crippen LogP contribution < -0.4 is 46.1 Å². The topological polar surface area (TPSA) is 400 Å². The molecule has 3 aliphatic heterocycles. The molecule has 3 atom stereocenters. The minimum Gasteiger partial charge on any atom is -0.478 e. The molecule has 3 fully saturated rings. The first-order valence-corrected chi connectivity index (χ1v) is 38.1. The number of aromatic amines is 3. The molecular formula is C77H101N31O6. The fourth-order valence-electron chi connectivity index (χ4n) is 14.5. The number of ether oxygens (including phenoxy) is 3. The number of methoxy groups -OCH3 is 3. The van der Waals surface area contributed by atoms with Gasteiger partial charge in [0.2, 0.25) is 35.6 Å². The Morgan fingerprint density at radius 1 is 0.430 bits per heavy atom. The Balaban J connectivity index is 0.000000149. The zero-order chi connectivity index (χ0) is 80.4. The van der Waals surface area contributed by atoms with Crippen LogP contribution in [0.1, 0.15) is 56.7 Å². The number of anilines is 9. The largest absolute Gasteiger partial charge is 0.478 e. The second-order valence-electron chi connectivity index (χ2n) is 28.7. The lowest BCUT2D eigenvalue weighted by atomic mass is 10.1. The Morgan fingerprint density at radius 3 is 1.23 bits per heavy atom. The summed E-state index contributed by atoms with van der Waals surface area (Å²) in [6.07, 6.45) is 25.2. The molecule has 12 aromatic rings. The highest BCUT2D eigenvalue weighted by Gasteiger charge is 2.32. The lowest BCUT2D eigenvalue weighted by molar-refractivity contribution is -0.122. The number of carbonyl (C=O) groups excluding carboxylic acids is 3. The fraction of sp³-hybridized carbons (Fsp3) is 0.429. The summed E-state index contributed by atoms with van der Waals surface area (Å²) < 4.78 is 21.0. The van der Waals surface area contributed by atoms with Gasteiger partial charge in [-0.25, -0.2) is 44.9 Å². The van der Waals surface area contributed by atoms with Gasteiger partial charge in [0, 0.05) is 177 Å². The number of amides is 3. The first-order valence-electron chi connectivity index (χ1n) is 38.1. The molecule has 15 heterocycles. The molecule has 37 nitrogen and oxygen atoms in total. The third-order valence-corrected chi connectivity index (χ3v) is 20.8. The number of carbonyl (C=O) groups is 3. The number of hydrogen-bond acceptors (Lipinski definition) is 28. The normalized spacial score (nSPS) is 15.5. The van der Waals surface area contributed by atoms with E-state index in [0.717, 1.165) is 164 Å². The number of pyridine rings is 2. The molecule has 0 radical (unpaired) electrons. The number of nitrogens with zero attached hydrogens (tertiary/aromatic N) is 22. The van der Waals surface area contributed by atoms with E-state index in [9.17, 15) is 14.4 Å². The van der Waals surface area contributed by atoms with Crippen molar-refractivity contribution in [1.82, 2.24) is 124 Å². The number of hydrogen-bond donors (Lipinski definition) is 9. The van der Waals surface area contributed by atoms with E-state index in [1.54, 1.807) is 91.1 Å². The lowest BCUT2D eigenvalue weighted by Crippen LogP contribution is -2.52. The number of likely N-dealkylation sites (N-methyl/N-ethyl adjacent to an activating group) is 3. The van der Waals surface area contributed by atoms with Crippen LogP contribution in [0.3, 0.4) is 0 Å². The molecule has 9 N–H and O–H groups in total. The first-order chi connectivity index (χ1) is 55.1. The predicted octanol–water partition coefficient (Wildman–Crippen LogP) is 7.73. The molecular weight excluding hydrogens is 1460 g/mol. The summed E-state index contributed by atoms with van der Waals surface area (Å²) in [6, 6.07) is 1.33. The maximum atomic E-state index is 13.3. The van der Waals surface area contributed by atoms with Gasteiger partial charge in [-0.2, -0.15) is 0 Å². The zero-order valence-electron chi connectivity index (χ0n) is 67.2. The van der Waals surface area contributed by atoms with Gasteiger partial charge in [0.05, 0.1) is 98.0 Å². The number of aryl methyl sites for hydroxylation is 6. The van der Waals surface area contributed by atoms with Crippen molar-refractivity contribution in [3.8, 4) is 51.4 Å². The highest BCUT2D eigenvalue weighted by atomic mass is 16.5. The van der Waals surface area contributed by atoms with E-state index >= 15 is 0 Å². The second kappa shape index (κ2) is 35.7. The van der Waals surface area contributed by atoms with Crippen molar-refractivity contribution in [3.05, 3.63) is 103 Å². The summed E-state index contributed by atoms with van der Waals surface area (Å²) in [4.78, 5) is 109. The van der Waals surface area contributed by atoms with E-state index in [1.807, 2.05) is 80.4 Å². The summed E-state index contributed by atoms with van der Waals surface area (Å²) in [7, 11) is 16.5. The molecule has 3 aliphatic rings. The lowest BCUT2D eigenvalue weighted by Gasteiger charge is -2.36. The molecule has 0 aliphatic carbocycles. The number of piperazine rings is 3. The molecule has 600 valence electrons. The van der Waals surface area contributed by atoms with Crippen LogP contribution in [0.2, 0.25) is 0 Å². The SMILES string of the molecule is CC[C@@H](C(=O)Nc1cncc2c(-c3nc(Nc4cn(C)nc4OC)ncc3C)c[nH]c12)N1CCN(C)CC1.CC[C@@H](C(=O)Nc1nccc2c(-c3nc(Nc4cn(C)nc4OC)ncc3C)c[nH]c12)N1CCN(C)CC1.CC[C@@H](C(=O)Nc1ncnc2c(-c3nc(Nc4cn(C)nc4OC)ncc3C)c[nH]c12)N1CCN(C)CC1. The van der Waals surface area contributed by atoms with Crippen molar-refractivity contribution in [2.45, 2.75) is 78.9 Å². The molecule has 0 saturated carbocycles. The average molecular weight is 1560 g/mol. The molecule has 3 saturated heterocycles. The fourth-order valence-corrected chi connectivity index (χ4v) is 14.5. The van der Waals surface area contributed by atoms with Crippen LogP contribution in [0.4, 0.5) is 52.2 Å². The maximum Gasteiger partial charge on any atom is 0.256 e. The van der Waals surface area contributed by atoms with Crippen LogP contribution in [0.5, 0.6) is 17.6 Å². The molecule has 37 heteroatoms. The molecule has 15 rings (SSSR count). The summed E-state index contributed by atoms with van der Waals surface area (Å²) in [5, 5.41) is 33.4. The molecule has 0 aromatic carbocycles. The van der Waals surface area contributed by atoms with Crippen molar-refractivity contribution in [3.63, 3.8) is 0 Å². The quantitative estimate of drug-likeness (QED) is 0.0279. The summed E-state index contributed by atoms with van der Waals surface area (Å²) in [5.41, 5.74) is 13.0. The van der Waals surface area contributed by atoms with Gasteiger partial charge in [0.15, 0.2) is 11.6 Å². The van der Waals surface area contributed by atoms with Crippen molar-refractivity contribution in [1.29, 1.82) is 0 Å². The van der Waals surface area contributed by atoms with Crippen LogP contribution in [-0.4, -0.2) is 280 Å². The van der Waals surface area contributed by atoms with Gasteiger partial charge in [0.1, 0.15) is 34.4 Å². The summed E-state index contributed by atoms with van der Waals surface area (Å²) in [5.74, 6) is 3.43. The highest BCUT2D eigenvalue weighted by Crippen LogP contribution is 2.38. The minimum absolute atomic E-state index is 0.0161. The molecule has 114 heavy (non-hydrogen) atoms. The molecule has 0 spiro atoms. The number of fused-ring (bicyclic) bond motifs is 3. The Morgan fingerprint density at radius 2 is 0.807 bits per heavy atom. The van der Waals surface area contributed by atoms with Crippen molar-refractivity contribution < 1.29 is 28.6 Å². The van der Waals surface area contributed by atoms with Gasteiger partial charge in [0.25, 0.3) is 17.6 Å². The summed E-state index contributed by atoms with van der Waals surface area (Å²) >= 11 is 0. The van der Waals surface area contributed by atoms with Crippen LogP contribution in [0.15, 0.2) is 86.8 Å². The molecule has 3 amide bonds. The predicted molar refractivity (Wildman–Crippen MR) is 438 cm³/mol. The smallest absolute Gasteiger partial charge is 0.256 e. The number of aromatic nitrogens is 19. The van der Waals surface area contributed by atoms with Gasteiger partial charge < -0.3 is 75.8 Å². The highest BCUT2D eigenvalue weighted by molar-refractivity contribution is 6.08. The minimum atomic E-state index is -0.217. The van der Waals surface area contributed by atoms with Crippen molar-refractivity contribution in [2.75, 3.05) is 153 Å². The van der Waals surface area contributed by atoms with Crippen LogP contribution in [-0.2, 0) is 35.5 Å². The number of rotatable bonds is 24. The van der Waals surface area contributed by atoms with Crippen molar-refractivity contribution in [2.24, 2.45) is 21.1 Å². The van der Waals surface area contributed by atoms with Gasteiger partial charge in [-0.1, -0.05) is 20.8 Å². The van der Waals surface area contributed by atoms with E-state index in [1.165, 1.54) is 6.33 Å². The van der Waals surface area contributed by atoms with Crippen LogP contribution >= 0.6 is 0 Å². The van der Waals surface area contributed by atoms with E-state index in [-0.39, 0.29) is 35.8 Å². The van der Waals surface area contributed by atoms with Gasteiger partial charge in [-0.15, -0.1) is 15.3 Å². The monoisotopic (exact) mass is 1560 g/mol. The maximum absolute atomic E-state index is 13.3. The van der Waals surface area contributed by atoms with E-state index in [2.05, 4.69) is 155 Å². The Kier molecular flexibility index (Phi) is 25.0. The van der Waals surface area contributed by atoms with E-state index < -0.39 is 0 Å². The van der Waals surface area contributed by atoms with Gasteiger partial charge in [-0.3, -0.25) is 48.1 Å². The second-order valence-corrected chi connectivity index (χ2v) is 28.7. The first kappa shape index (κ1) is 79.9. The third kappa shape index (κ3) is 17.8. The Bertz CT molecular complexity index is 4830. The van der Waals surface area contributed by atoms with E-state index in [4.69, 9.17) is 29.2 Å². The van der Waals surface area contributed by atoms with E-state index in [0.29, 0.717) is 86.6 Å². The van der Waals surface area contributed by atoms with Crippen LogP contribution in [0, 0.1) is 20.8 Å². The van der Waals surface area contributed by atoms with Gasteiger partial charge >= 0.3 is 0 Å². The molecule has 0 bridgehead atoms. The standard InChI is InChI=1S/2C26H34N10O2.C25H33N11O2/c1-6-21(36-9-7-34(3)8-10-36)24(37)30-19-14-27-12-17-18(13-28-23(17)19)22-16(2)11-29-26(32-22)31-20-15-35(4)33-25(20)38-5;1-6-20(36-11-9-34(3)10-12-36)24(37)32-23-22-17(7-8-27-23)18(14-28-22)21-16(2)13-29-26(31-21)30-19-15-35(4)33-25(19)38-5;1-6-18(36-9-7-34(3)8-10-36)23(37)32-22-21-20(28-14-29-22)16(12-26-21)19-15(2)11-27-25(31-19)30-17-13-35(4)33-24(17)38-5/h11-15,21,28H,6-10H2,1-5H3,(H,30,37)(H,29,31,32);7-8,13-15,20,28H,6,9-12H2,1-5H3,(H,27,32,37)(H,29,30,31);11-14,18,26H,6-10H2,1-5H3,(H,27,30,31)(H,28,29,32,37)/t21-;20-;18-/m000/s1. The third-order valence-electron chi connectivity index (χ3n) is 20.8. The Hall–Kier alpha value is -12.2. The average Bonchev–Trinajstić information content (AvgIpc) is 1.56. The van der Waals surface area contributed by atoms with Gasteiger partial charge in [-0.05, 0) is 83.9 Å². The van der Waals surface area contributed by atoms with Crippen LogP contribution in [0.25, 0.3) is 66.6 Å². The molecule has 12 aromatic heterocycles. The number of nitrogens with one attached hydrogen (secondary N) is 9. The zero-order valence-corrected chi connectivity index (χ0v) is 67.2. The van der Waals surface area contributed by atoms with Crippen molar-refractivity contribution >= 4 is 103 Å². The Labute approximate surface area is 659 Å². The molecule has 0 unspecified atom stereocenters. The number of H-pyrrole nitrogens is 3.